The zero-order valence-corrected chi connectivity index (χ0v) is 17.0. The van der Waals surface area contributed by atoms with Gasteiger partial charge in [0.1, 0.15) is 12.4 Å². The summed E-state index contributed by atoms with van der Waals surface area (Å²) in [7, 11) is 2.49. The molecule has 1 aromatic rings. The zero-order chi connectivity index (χ0) is 21.0. The summed E-state index contributed by atoms with van der Waals surface area (Å²) in [5.41, 5.74) is 1.36. The van der Waals surface area contributed by atoms with E-state index in [4.69, 9.17) is 14.2 Å². The van der Waals surface area contributed by atoms with Crippen molar-refractivity contribution >= 4 is 23.5 Å². The number of amides is 1. The number of carbonyl (C=O) groups excluding carboxylic acids is 3. The molecule has 2 heterocycles. The highest BCUT2D eigenvalue weighted by Gasteiger charge is 2.32. The van der Waals surface area contributed by atoms with Crippen molar-refractivity contribution in [1.82, 2.24) is 4.90 Å². The predicted molar refractivity (Wildman–Crippen MR) is 105 cm³/mol. The summed E-state index contributed by atoms with van der Waals surface area (Å²) in [6.45, 7) is 3.75. The highest BCUT2D eigenvalue weighted by atomic mass is 16.5. The Hall–Kier alpha value is -2.87. The lowest BCUT2D eigenvalue weighted by Gasteiger charge is -2.32. The second-order valence-electron chi connectivity index (χ2n) is 7.24. The van der Waals surface area contributed by atoms with Gasteiger partial charge in [-0.15, -0.1) is 0 Å². The molecule has 1 amide bonds. The molecular weight excluding hydrogens is 376 g/mol. The van der Waals surface area contributed by atoms with Crippen LogP contribution in [-0.4, -0.2) is 63.4 Å². The Kier molecular flexibility index (Phi) is 6.53. The van der Waals surface area contributed by atoms with Gasteiger partial charge in [-0.1, -0.05) is 6.92 Å². The number of piperidine rings is 1. The molecule has 1 saturated heterocycles. The predicted octanol–water partition coefficient (Wildman–Crippen LogP) is 1.95. The Bertz CT molecular complexity index is 809. The average molecular weight is 402 g/mol. The van der Waals surface area contributed by atoms with Crippen molar-refractivity contribution in [3.8, 4) is 0 Å². The smallest absolute Gasteiger partial charge is 0.355 e. The molecule has 0 unspecified atom stereocenters. The number of methoxy groups -OCH3 is 2. The number of carbonyl (C=O) groups is 3. The van der Waals surface area contributed by atoms with Gasteiger partial charge in [0.25, 0.3) is 5.91 Å². The van der Waals surface area contributed by atoms with E-state index in [-0.39, 0.29) is 30.5 Å². The zero-order valence-electron chi connectivity index (χ0n) is 17.0. The number of rotatable bonds is 4. The van der Waals surface area contributed by atoms with Crippen LogP contribution < -0.4 is 4.90 Å². The van der Waals surface area contributed by atoms with Gasteiger partial charge in [0.15, 0.2) is 0 Å². The minimum Gasteiger partial charge on any atom is -0.466 e. The quantitative estimate of drug-likeness (QED) is 0.712. The van der Waals surface area contributed by atoms with Crippen molar-refractivity contribution in [2.24, 2.45) is 5.92 Å². The SMILES string of the molecule is COC(=O)C1=C(C(=O)OC)N(c2ccc(C(=O)N3CCC(C)CC3)cc2)COC1. The van der Waals surface area contributed by atoms with E-state index in [1.807, 2.05) is 4.90 Å². The van der Waals surface area contributed by atoms with Crippen LogP contribution in [0.1, 0.15) is 30.1 Å². The van der Waals surface area contributed by atoms with Crippen molar-refractivity contribution < 1.29 is 28.6 Å². The number of ether oxygens (including phenoxy) is 3. The molecule has 8 heteroatoms. The first-order valence-electron chi connectivity index (χ1n) is 9.60. The Morgan fingerprint density at radius 3 is 2.21 bits per heavy atom. The summed E-state index contributed by atoms with van der Waals surface area (Å²) < 4.78 is 15.1. The first-order chi connectivity index (χ1) is 14.0. The molecule has 0 N–H and O–H groups in total. The number of hydrogen-bond acceptors (Lipinski definition) is 7. The molecule has 2 aliphatic rings. The lowest BCUT2D eigenvalue weighted by atomic mass is 9.98. The van der Waals surface area contributed by atoms with Crippen molar-refractivity contribution in [3.05, 3.63) is 41.1 Å². The van der Waals surface area contributed by atoms with Gasteiger partial charge >= 0.3 is 11.9 Å². The van der Waals surface area contributed by atoms with Crippen molar-refractivity contribution in [3.63, 3.8) is 0 Å². The maximum atomic E-state index is 12.7. The van der Waals surface area contributed by atoms with Gasteiger partial charge in [-0.3, -0.25) is 4.79 Å². The molecule has 0 bridgehead atoms. The third kappa shape index (κ3) is 4.42. The summed E-state index contributed by atoms with van der Waals surface area (Å²) in [6.07, 6.45) is 2.02. The third-order valence-corrected chi connectivity index (χ3v) is 5.33. The fourth-order valence-electron chi connectivity index (χ4n) is 3.53. The third-order valence-electron chi connectivity index (χ3n) is 5.33. The van der Waals surface area contributed by atoms with Crippen LogP contribution in [0.25, 0.3) is 0 Å². The summed E-state index contributed by atoms with van der Waals surface area (Å²) in [4.78, 5) is 40.6. The molecule has 0 radical (unpaired) electrons. The van der Waals surface area contributed by atoms with E-state index in [1.54, 1.807) is 29.2 Å². The molecule has 1 fully saturated rings. The lowest BCUT2D eigenvalue weighted by Crippen LogP contribution is -2.39. The number of nitrogens with zero attached hydrogens (tertiary/aromatic N) is 2. The van der Waals surface area contributed by atoms with Crippen LogP contribution in [0.15, 0.2) is 35.5 Å². The lowest BCUT2D eigenvalue weighted by molar-refractivity contribution is -0.140. The fourth-order valence-corrected chi connectivity index (χ4v) is 3.53. The molecule has 3 rings (SSSR count). The number of benzene rings is 1. The van der Waals surface area contributed by atoms with Crippen LogP contribution in [0.5, 0.6) is 0 Å². The van der Waals surface area contributed by atoms with Crippen LogP contribution in [0, 0.1) is 5.92 Å². The van der Waals surface area contributed by atoms with E-state index in [1.165, 1.54) is 14.2 Å². The number of likely N-dealkylation sites (tertiary alicyclic amines) is 1. The van der Waals surface area contributed by atoms with E-state index in [0.717, 1.165) is 25.9 Å². The fraction of sp³-hybridized carbons (Fsp3) is 0.476. The van der Waals surface area contributed by atoms with Crippen LogP contribution in [0.2, 0.25) is 0 Å². The largest absolute Gasteiger partial charge is 0.466 e. The molecular formula is C21H26N2O6. The first-order valence-corrected chi connectivity index (χ1v) is 9.60. The van der Waals surface area contributed by atoms with E-state index >= 15 is 0 Å². The molecule has 0 aliphatic carbocycles. The highest BCUT2D eigenvalue weighted by Crippen LogP contribution is 2.27. The maximum Gasteiger partial charge on any atom is 0.355 e. The average Bonchev–Trinajstić information content (AvgIpc) is 2.77. The van der Waals surface area contributed by atoms with Crippen LogP contribution in [0.4, 0.5) is 5.69 Å². The minimum atomic E-state index is -0.656. The Balaban J connectivity index is 1.85. The molecule has 8 nitrogen and oxygen atoms in total. The van der Waals surface area contributed by atoms with Crippen molar-refractivity contribution in [2.45, 2.75) is 19.8 Å². The van der Waals surface area contributed by atoms with Crippen LogP contribution >= 0.6 is 0 Å². The topological polar surface area (TPSA) is 85.4 Å². The van der Waals surface area contributed by atoms with E-state index in [2.05, 4.69) is 6.92 Å². The second kappa shape index (κ2) is 9.09. The van der Waals surface area contributed by atoms with E-state index < -0.39 is 11.9 Å². The van der Waals surface area contributed by atoms with Crippen LogP contribution in [0.3, 0.4) is 0 Å². The number of hydrogen-bond donors (Lipinski definition) is 0. The monoisotopic (exact) mass is 402 g/mol. The van der Waals surface area contributed by atoms with Gasteiger partial charge in [-0.25, -0.2) is 9.59 Å². The van der Waals surface area contributed by atoms with Gasteiger partial charge in [-0.2, -0.15) is 0 Å². The summed E-state index contributed by atoms with van der Waals surface area (Å²) in [6, 6.07) is 6.90. The van der Waals surface area contributed by atoms with E-state index in [9.17, 15) is 14.4 Å². The summed E-state index contributed by atoms with van der Waals surface area (Å²) in [5, 5.41) is 0. The van der Waals surface area contributed by atoms with Gasteiger partial charge < -0.3 is 24.0 Å². The van der Waals surface area contributed by atoms with Crippen molar-refractivity contribution in [2.75, 3.05) is 45.5 Å². The van der Waals surface area contributed by atoms with Gasteiger partial charge in [0.2, 0.25) is 0 Å². The van der Waals surface area contributed by atoms with Crippen molar-refractivity contribution in [1.29, 1.82) is 0 Å². The molecule has 29 heavy (non-hydrogen) atoms. The normalized spacial score (nSPS) is 17.9. The molecule has 2 aliphatic heterocycles. The van der Waals surface area contributed by atoms with Gasteiger partial charge in [-0.05, 0) is 43.0 Å². The van der Waals surface area contributed by atoms with Crippen LogP contribution in [-0.2, 0) is 23.8 Å². The van der Waals surface area contributed by atoms with E-state index in [0.29, 0.717) is 17.2 Å². The summed E-state index contributed by atoms with van der Waals surface area (Å²) >= 11 is 0. The number of esters is 2. The van der Waals surface area contributed by atoms with Gasteiger partial charge in [0.05, 0.1) is 26.4 Å². The Morgan fingerprint density at radius 1 is 1.00 bits per heavy atom. The summed E-state index contributed by atoms with van der Waals surface area (Å²) in [5.74, 6) is -0.664. The Labute approximate surface area is 170 Å². The molecule has 0 saturated carbocycles. The molecule has 156 valence electrons. The Morgan fingerprint density at radius 2 is 1.62 bits per heavy atom. The van der Waals surface area contributed by atoms with Gasteiger partial charge in [0, 0.05) is 24.3 Å². The molecule has 0 aromatic heterocycles. The molecule has 0 atom stereocenters. The molecule has 1 aromatic carbocycles. The standard InChI is InChI=1S/C21H26N2O6/c1-14-8-10-22(11-9-14)19(24)15-4-6-16(7-5-15)23-13-29-12-17(20(25)27-2)18(23)21(26)28-3/h4-7,14H,8-13H2,1-3H3. The number of anilines is 1. The molecule has 0 spiro atoms. The highest BCUT2D eigenvalue weighted by molar-refractivity contribution is 6.03. The minimum absolute atomic E-state index is 0.00247. The maximum absolute atomic E-state index is 12.7. The first kappa shape index (κ1) is 20.9. The second-order valence-corrected chi connectivity index (χ2v) is 7.24.